The van der Waals surface area contributed by atoms with Gasteiger partial charge in [0, 0.05) is 46.4 Å². The first-order valence-corrected chi connectivity index (χ1v) is 16.0. The van der Waals surface area contributed by atoms with E-state index in [4.69, 9.17) is 52.6 Å². The van der Waals surface area contributed by atoms with E-state index in [0.717, 1.165) is 45.5 Å². The van der Waals surface area contributed by atoms with E-state index < -0.39 is 0 Å². The maximum Gasteiger partial charge on any atom is 0.237 e. The molecule has 0 spiro atoms. The van der Waals surface area contributed by atoms with Gasteiger partial charge < -0.3 is 20.1 Å². The Balaban J connectivity index is 1.06. The van der Waals surface area contributed by atoms with Crippen LogP contribution in [-0.4, -0.2) is 45.2 Å². The Kier molecular flexibility index (Phi) is 6.83. The molecule has 4 aromatic rings. The normalized spacial score (nSPS) is 25.7. The summed E-state index contributed by atoms with van der Waals surface area (Å²) in [5.74, 6) is 2.82. The van der Waals surface area contributed by atoms with Gasteiger partial charge in [0.15, 0.2) is 0 Å². The number of rotatable bonds is 11. The Morgan fingerprint density at radius 2 is 1.05 bits per heavy atom. The van der Waals surface area contributed by atoms with Crippen LogP contribution < -0.4 is 20.1 Å². The molecule has 6 saturated carbocycles. The SMILES string of the molecule is COc1nc(-c2cccc(-c3cccc(-c4cnc(CNC56CC(C5)C6)c(OC)n4)c3Cl)c2Cl)cnc1CNC12CC(C1)C2. The van der Waals surface area contributed by atoms with Crippen molar-refractivity contribution >= 4 is 23.2 Å². The number of methoxy groups -OCH3 is 2. The van der Waals surface area contributed by atoms with Crippen LogP contribution in [0.25, 0.3) is 33.6 Å². The van der Waals surface area contributed by atoms with E-state index in [0.29, 0.717) is 57.4 Å². The minimum atomic E-state index is 0.299. The molecule has 10 rings (SSSR count). The van der Waals surface area contributed by atoms with Gasteiger partial charge in [-0.25, -0.2) is 9.97 Å². The number of hydrogen-bond donors (Lipinski definition) is 2. The number of nitrogens with zero attached hydrogens (tertiary/aromatic N) is 4. The van der Waals surface area contributed by atoms with Gasteiger partial charge in [-0.3, -0.25) is 9.97 Å². The number of nitrogens with one attached hydrogen (secondary N) is 2. The molecule has 44 heavy (non-hydrogen) atoms. The smallest absolute Gasteiger partial charge is 0.237 e. The van der Waals surface area contributed by atoms with Gasteiger partial charge in [-0.1, -0.05) is 59.6 Å². The van der Waals surface area contributed by atoms with Crippen molar-refractivity contribution in [3.8, 4) is 45.4 Å². The summed E-state index contributed by atoms with van der Waals surface area (Å²) in [6.07, 6.45) is 11.1. The van der Waals surface area contributed by atoms with Gasteiger partial charge in [0.2, 0.25) is 11.8 Å². The zero-order valence-electron chi connectivity index (χ0n) is 24.8. The van der Waals surface area contributed by atoms with Crippen molar-refractivity contribution in [2.24, 2.45) is 11.8 Å². The first-order chi connectivity index (χ1) is 21.4. The molecule has 6 fully saturated rings. The summed E-state index contributed by atoms with van der Waals surface area (Å²) in [7, 11) is 3.25. The second-order valence-corrected chi connectivity index (χ2v) is 13.7. The summed E-state index contributed by atoms with van der Waals surface area (Å²) < 4.78 is 11.3. The highest BCUT2D eigenvalue weighted by Crippen LogP contribution is 2.57. The maximum absolute atomic E-state index is 7.06. The monoisotopic (exact) mass is 628 g/mol. The van der Waals surface area contributed by atoms with Crippen LogP contribution >= 0.6 is 23.2 Å². The van der Waals surface area contributed by atoms with Crippen molar-refractivity contribution in [3.05, 3.63) is 70.2 Å². The second kappa shape index (κ2) is 10.7. The average Bonchev–Trinajstić information content (AvgIpc) is 2.95. The van der Waals surface area contributed by atoms with Gasteiger partial charge in [0.25, 0.3) is 0 Å². The Bertz CT molecular complexity index is 1620. The van der Waals surface area contributed by atoms with Crippen LogP contribution in [0.4, 0.5) is 0 Å². The molecule has 8 nitrogen and oxygen atoms in total. The fourth-order valence-corrected chi connectivity index (χ4v) is 8.08. The largest absolute Gasteiger partial charge is 0.480 e. The highest BCUT2D eigenvalue weighted by molar-refractivity contribution is 6.39. The molecule has 0 radical (unpaired) electrons. The topological polar surface area (TPSA) is 94.1 Å². The first kappa shape index (κ1) is 28.2. The predicted molar refractivity (Wildman–Crippen MR) is 171 cm³/mol. The number of hydrogen-bond acceptors (Lipinski definition) is 8. The van der Waals surface area contributed by atoms with E-state index in [1.54, 1.807) is 26.6 Å². The third kappa shape index (κ3) is 4.66. The highest BCUT2D eigenvalue weighted by Gasteiger charge is 2.56. The average molecular weight is 630 g/mol. The molecule has 6 aliphatic carbocycles. The molecular weight excluding hydrogens is 595 g/mol. The van der Waals surface area contributed by atoms with E-state index in [9.17, 15) is 0 Å². The number of ether oxygens (including phenoxy) is 2. The quantitative estimate of drug-likeness (QED) is 0.186. The molecular formula is C34H34Cl2N6O2. The van der Waals surface area contributed by atoms with Crippen molar-refractivity contribution in [2.45, 2.75) is 62.7 Å². The lowest BCUT2D eigenvalue weighted by Gasteiger charge is -2.62. The van der Waals surface area contributed by atoms with Crippen molar-refractivity contribution in [1.82, 2.24) is 30.6 Å². The van der Waals surface area contributed by atoms with E-state index in [1.807, 2.05) is 36.4 Å². The van der Waals surface area contributed by atoms with Crippen LogP contribution in [0.3, 0.4) is 0 Å². The Morgan fingerprint density at radius 1 is 0.659 bits per heavy atom. The number of aromatic nitrogens is 4. The van der Waals surface area contributed by atoms with Crippen LogP contribution in [0.15, 0.2) is 48.8 Å². The summed E-state index contributed by atoms with van der Waals surface area (Å²) in [6.45, 7) is 1.26. The second-order valence-electron chi connectivity index (χ2n) is 13.0. The summed E-state index contributed by atoms with van der Waals surface area (Å²) >= 11 is 14.1. The van der Waals surface area contributed by atoms with Crippen LogP contribution in [0.2, 0.25) is 10.0 Å². The fraction of sp³-hybridized carbons (Fsp3) is 0.412. The number of benzene rings is 2. The minimum absolute atomic E-state index is 0.299. The molecule has 0 aliphatic heterocycles. The molecule has 2 aromatic heterocycles. The van der Waals surface area contributed by atoms with Gasteiger partial charge >= 0.3 is 0 Å². The molecule has 226 valence electrons. The van der Waals surface area contributed by atoms with Gasteiger partial charge in [-0.15, -0.1) is 0 Å². The molecule has 10 heteroatoms. The molecule has 0 atom stereocenters. The van der Waals surface area contributed by atoms with Gasteiger partial charge in [0.05, 0.1) is 48.0 Å². The highest BCUT2D eigenvalue weighted by atomic mass is 35.5. The summed E-state index contributed by atoms with van der Waals surface area (Å²) in [6, 6.07) is 11.7. The summed E-state index contributed by atoms with van der Waals surface area (Å²) in [5, 5.41) is 8.39. The first-order valence-electron chi connectivity index (χ1n) is 15.3. The van der Waals surface area contributed by atoms with Crippen molar-refractivity contribution in [1.29, 1.82) is 0 Å². The molecule has 0 saturated heterocycles. The minimum Gasteiger partial charge on any atom is -0.480 e. The Labute approximate surface area is 267 Å². The molecule has 0 amide bonds. The van der Waals surface area contributed by atoms with Crippen molar-refractivity contribution < 1.29 is 9.47 Å². The molecule has 2 N–H and O–H groups in total. The lowest BCUT2D eigenvalue weighted by atomic mass is 9.50. The summed E-state index contributed by atoms with van der Waals surface area (Å²) in [5.41, 5.74) is 6.51. The van der Waals surface area contributed by atoms with Crippen molar-refractivity contribution in [2.75, 3.05) is 14.2 Å². The van der Waals surface area contributed by atoms with Crippen LogP contribution in [0, 0.1) is 11.8 Å². The third-order valence-corrected chi connectivity index (χ3v) is 11.0. The number of halogens is 2. The lowest BCUT2D eigenvalue weighted by molar-refractivity contribution is -0.0524. The molecule has 2 aromatic carbocycles. The van der Waals surface area contributed by atoms with Gasteiger partial charge in [-0.05, 0) is 50.4 Å². The van der Waals surface area contributed by atoms with E-state index >= 15 is 0 Å². The molecule has 0 unspecified atom stereocenters. The van der Waals surface area contributed by atoms with E-state index in [2.05, 4.69) is 10.6 Å². The standard InChI is InChI=1S/C34H34Cl2N6O2/c1-43-31-27(17-39-33-9-19(10-33)11-33)37-15-25(41-31)23-7-3-5-21(29(23)35)22-6-4-8-24(30(22)36)26-16-38-28(32(42-26)44-2)18-40-34-12-20(13-34)14-34/h3-8,15-16,19-20,39-40H,9-14,17-18H2,1-2H3. The van der Waals surface area contributed by atoms with E-state index in [-0.39, 0.29) is 0 Å². The Hall–Kier alpha value is -3.30. The third-order valence-electron chi connectivity index (χ3n) is 10.2. The molecule has 6 aliphatic rings. The van der Waals surface area contributed by atoms with Gasteiger partial charge in [0.1, 0.15) is 11.4 Å². The van der Waals surface area contributed by atoms with E-state index in [1.165, 1.54) is 38.5 Å². The van der Waals surface area contributed by atoms with Crippen LogP contribution in [-0.2, 0) is 13.1 Å². The molecule has 2 heterocycles. The lowest BCUT2D eigenvalue weighted by Crippen LogP contribution is -2.66. The van der Waals surface area contributed by atoms with Crippen LogP contribution in [0.5, 0.6) is 11.8 Å². The Morgan fingerprint density at radius 3 is 1.39 bits per heavy atom. The fourth-order valence-electron chi connectivity index (χ4n) is 7.43. The van der Waals surface area contributed by atoms with Crippen molar-refractivity contribution in [3.63, 3.8) is 0 Å². The van der Waals surface area contributed by atoms with Crippen LogP contribution in [0.1, 0.15) is 49.9 Å². The summed E-state index contributed by atoms with van der Waals surface area (Å²) in [4.78, 5) is 19.0. The zero-order valence-corrected chi connectivity index (χ0v) is 26.3. The predicted octanol–water partition coefficient (Wildman–Crippen LogP) is 6.88. The maximum atomic E-state index is 7.06. The van der Waals surface area contributed by atoms with Gasteiger partial charge in [-0.2, -0.15) is 0 Å². The molecule has 4 bridgehead atoms. The zero-order chi connectivity index (χ0) is 30.1.